The Bertz CT molecular complexity index is 1600. The second kappa shape index (κ2) is 9.99. The standard InChI is InChI=1S/C28H22ClFN4O3/c29-18-8-11-21-20(14-18)26(17-4-2-1-3-5-17)27(28(37)32-21)22-15-23(16-6-9-19(30)10-7-16)34(33-22)25(36)13-12-24(31)35/h1-11,14,23H,12-13,15H2,(H2,31,35)(H,32,37). The first kappa shape index (κ1) is 24.4. The summed E-state index contributed by atoms with van der Waals surface area (Å²) in [6, 6.07) is 19.8. The number of primary amides is 1. The average Bonchev–Trinajstić information content (AvgIpc) is 3.32. The van der Waals surface area contributed by atoms with Gasteiger partial charge in [0.15, 0.2) is 0 Å². The van der Waals surface area contributed by atoms with Crippen LogP contribution in [0.15, 0.2) is 82.7 Å². The monoisotopic (exact) mass is 516 g/mol. The second-order valence-corrected chi connectivity index (χ2v) is 9.22. The van der Waals surface area contributed by atoms with Crippen LogP contribution in [0.25, 0.3) is 22.0 Å². The third-order valence-corrected chi connectivity index (χ3v) is 6.57. The number of nitrogens with one attached hydrogen (secondary N) is 1. The zero-order valence-electron chi connectivity index (χ0n) is 19.6. The highest BCUT2D eigenvalue weighted by atomic mass is 35.5. The number of hydrogen-bond acceptors (Lipinski definition) is 4. The van der Waals surface area contributed by atoms with Gasteiger partial charge >= 0.3 is 0 Å². The molecule has 0 radical (unpaired) electrons. The lowest BCUT2D eigenvalue weighted by Crippen LogP contribution is -2.28. The molecule has 0 aliphatic carbocycles. The molecule has 37 heavy (non-hydrogen) atoms. The molecular formula is C28H22ClFN4O3. The largest absolute Gasteiger partial charge is 0.370 e. The van der Waals surface area contributed by atoms with Crippen LogP contribution in [0.3, 0.4) is 0 Å². The van der Waals surface area contributed by atoms with Gasteiger partial charge in [-0.1, -0.05) is 54.1 Å². The molecule has 5 rings (SSSR count). The summed E-state index contributed by atoms with van der Waals surface area (Å²) >= 11 is 6.33. The highest BCUT2D eigenvalue weighted by Crippen LogP contribution is 2.37. The zero-order valence-corrected chi connectivity index (χ0v) is 20.3. The molecule has 1 unspecified atom stereocenters. The summed E-state index contributed by atoms with van der Waals surface area (Å²) in [5.74, 6) is -1.45. The number of H-pyrrole nitrogens is 1. The molecule has 9 heteroatoms. The fraction of sp³-hybridized carbons (Fsp3) is 0.143. The molecule has 3 aromatic carbocycles. The summed E-state index contributed by atoms with van der Waals surface area (Å²) < 4.78 is 13.6. The molecule has 0 bridgehead atoms. The van der Waals surface area contributed by atoms with Crippen molar-refractivity contribution in [3.8, 4) is 11.1 Å². The summed E-state index contributed by atoms with van der Waals surface area (Å²) in [5, 5.41) is 7.09. The van der Waals surface area contributed by atoms with Crippen molar-refractivity contribution >= 4 is 40.0 Å². The number of halogens is 2. The molecule has 0 saturated carbocycles. The molecule has 2 heterocycles. The third-order valence-electron chi connectivity index (χ3n) is 6.33. The van der Waals surface area contributed by atoms with Gasteiger partial charge in [0, 0.05) is 40.8 Å². The van der Waals surface area contributed by atoms with Crippen LogP contribution in [0.2, 0.25) is 5.02 Å². The van der Waals surface area contributed by atoms with E-state index < -0.39 is 23.7 Å². The molecule has 1 aliphatic rings. The first-order chi connectivity index (χ1) is 17.8. The van der Waals surface area contributed by atoms with Gasteiger partial charge in [-0.3, -0.25) is 14.4 Å². The fourth-order valence-corrected chi connectivity index (χ4v) is 4.80. The van der Waals surface area contributed by atoms with Crippen molar-refractivity contribution in [3.63, 3.8) is 0 Å². The second-order valence-electron chi connectivity index (χ2n) is 8.78. The van der Waals surface area contributed by atoms with Gasteiger partial charge in [-0.15, -0.1) is 0 Å². The van der Waals surface area contributed by atoms with Crippen LogP contribution in [-0.4, -0.2) is 27.5 Å². The number of rotatable bonds is 6. The minimum absolute atomic E-state index is 0.138. The van der Waals surface area contributed by atoms with Gasteiger partial charge in [-0.05, 0) is 41.5 Å². The van der Waals surface area contributed by atoms with E-state index >= 15 is 0 Å². The maximum absolute atomic E-state index is 13.6. The van der Waals surface area contributed by atoms with Crippen LogP contribution in [-0.2, 0) is 9.59 Å². The van der Waals surface area contributed by atoms with Crippen molar-refractivity contribution in [1.29, 1.82) is 0 Å². The molecule has 0 fully saturated rings. The molecule has 4 aromatic rings. The van der Waals surface area contributed by atoms with Crippen molar-refractivity contribution in [2.75, 3.05) is 0 Å². The number of aromatic nitrogens is 1. The Labute approximate surface area is 216 Å². The van der Waals surface area contributed by atoms with Crippen LogP contribution < -0.4 is 11.3 Å². The molecule has 1 aromatic heterocycles. The summed E-state index contributed by atoms with van der Waals surface area (Å²) in [5.41, 5.74) is 8.28. The first-order valence-corrected chi connectivity index (χ1v) is 12.0. The molecular weight excluding hydrogens is 495 g/mol. The Balaban J connectivity index is 1.69. The van der Waals surface area contributed by atoms with Crippen molar-refractivity contribution in [2.24, 2.45) is 10.8 Å². The van der Waals surface area contributed by atoms with Gasteiger partial charge in [-0.2, -0.15) is 5.10 Å². The Morgan fingerprint density at radius 3 is 2.46 bits per heavy atom. The Hall–Kier alpha value is -4.30. The number of carbonyl (C=O) groups is 2. The number of benzene rings is 3. The van der Waals surface area contributed by atoms with Crippen LogP contribution >= 0.6 is 11.6 Å². The van der Waals surface area contributed by atoms with Crippen LogP contribution in [0.1, 0.15) is 36.4 Å². The number of nitrogens with zero attached hydrogens (tertiary/aromatic N) is 2. The SMILES string of the molecule is NC(=O)CCC(=O)N1N=C(c2c(-c3ccccc3)c3cc(Cl)ccc3[nH]c2=O)CC1c1ccc(F)cc1. The van der Waals surface area contributed by atoms with Crippen molar-refractivity contribution in [2.45, 2.75) is 25.3 Å². The number of nitrogens with two attached hydrogens (primary N) is 1. The van der Waals surface area contributed by atoms with E-state index in [0.717, 1.165) is 10.9 Å². The molecule has 186 valence electrons. The molecule has 3 N–H and O–H groups in total. The van der Waals surface area contributed by atoms with E-state index in [1.54, 1.807) is 30.3 Å². The van der Waals surface area contributed by atoms with E-state index in [-0.39, 0.29) is 24.8 Å². The predicted molar refractivity (Wildman–Crippen MR) is 141 cm³/mol. The van der Waals surface area contributed by atoms with E-state index in [9.17, 15) is 18.8 Å². The molecule has 1 atom stereocenters. The number of amides is 2. The Morgan fingerprint density at radius 2 is 1.76 bits per heavy atom. The number of fused-ring (bicyclic) bond motifs is 1. The third kappa shape index (κ3) is 4.88. The number of hydrogen-bond donors (Lipinski definition) is 2. The summed E-state index contributed by atoms with van der Waals surface area (Å²) in [4.78, 5) is 40.8. The predicted octanol–water partition coefficient (Wildman–Crippen LogP) is 4.93. The maximum atomic E-state index is 13.6. The van der Waals surface area contributed by atoms with E-state index in [1.807, 2.05) is 30.3 Å². The van der Waals surface area contributed by atoms with Crippen molar-refractivity contribution in [1.82, 2.24) is 9.99 Å². The summed E-state index contributed by atoms with van der Waals surface area (Å²) in [6.45, 7) is 0. The molecule has 2 amide bonds. The number of hydrazone groups is 1. The lowest BCUT2D eigenvalue weighted by molar-refractivity contribution is -0.134. The van der Waals surface area contributed by atoms with E-state index in [2.05, 4.69) is 10.1 Å². The van der Waals surface area contributed by atoms with Gasteiger partial charge in [0.05, 0.1) is 17.3 Å². The lowest BCUT2D eigenvalue weighted by atomic mass is 9.91. The average molecular weight is 517 g/mol. The van der Waals surface area contributed by atoms with Gasteiger partial charge < -0.3 is 10.7 Å². The van der Waals surface area contributed by atoms with Crippen LogP contribution in [0.5, 0.6) is 0 Å². The number of pyridine rings is 1. The molecule has 7 nitrogen and oxygen atoms in total. The minimum atomic E-state index is -0.607. The maximum Gasteiger partial charge on any atom is 0.258 e. The number of aromatic amines is 1. The quantitative estimate of drug-likeness (QED) is 0.379. The topological polar surface area (TPSA) is 109 Å². The van der Waals surface area contributed by atoms with E-state index in [4.69, 9.17) is 17.3 Å². The normalized spacial score (nSPS) is 15.1. The fourth-order valence-electron chi connectivity index (χ4n) is 4.63. The van der Waals surface area contributed by atoms with Gasteiger partial charge in [0.25, 0.3) is 5.56 Å². The molecule has 0 spiro atoms. The van der Waals surface area contributed by atoms with Crippen LogP contribution in [0.4, 0.5) is 4.39 Å². The zero-order chi connectivity index (χ0) is 26.1. The van der Waals surface area contributed by atoms with Crippen molar-refractivity contribution in [3.05, 3.63) is 105 Å². The van der Waals surface area contributed by atoms with Gasteiger partial charge in [0.1, 0.15) is 5.82 Å². The first-order valence-electron chi connectivity index (χ1n) is 11.7. The van der Waals surface area contributed by atoms with E-state index in [0.29, 0.717) is 32.9 Å². The molecule has 0 saturated heterocycles. The minimum Gasteiger partial charge on any atom is -0.370 e. The Morgan fingerprint density at radius 1 is 1.03 bits per heavy atom. The Kier molecular flexibility index (Phi) is 6.58. The lowest BCUT2D eigenvalue weighted by Gasteiger charge is -2.22. The van der Waals surface area contributed by atoms with Gasteiger partial charge in [0.2, 0.25) is 11.8 Å². The van der Waals surface area contributed by atoms with Gasteiger partial charge in [-0.25, -0.2) is 9.40 Å². The van der Waals surface area contributed by atoms with E-state index in [1.165, 1.54) is 17.1 Å². The summed E-state index contributed by atoms with van der Waals surface area (Å²) in [6.07, 6.45) is -0.0669. The smallest absolute Gasteiger partial charge is 0.258 e. The highest BCUT2D eigenvalue weighted by Gasteiger charge is 2.35. The molecule has 1 aliphatic heterocycles. The highest BCUT2D eigenvalue weighted by molar-refractivity contribution is 6.31. The number of carbonyl (C=O) groups excluding carboxylic acids is 2. The summed E-state index contributed by atoms with van der Waals surface area (Å²) in [7, 11) is 0. The van der Waals surface area contributed by atoms with Crippen molar-refractivity contribution < 1.29 is 14.0 Å². The van der Waals surface area contributed by atoms with Crippen LogP contribution in [0, 0.1) is 5.82 Å².